The first-order valence-electron chi connectivity index (χ1n) is 9.84. The van der Waals surface area contributed by atoms with Gasteiger partial charge >= 0.3 is 0 Å². The van der Waals surface area contributed by atoms with Crippen molar-refractivity contribution in [2.75, 3.05) is 26.0 Å². The fraction of sp³-hybridized carbons (Fsp3) is 0.318. The lowest BCUT2D eigenvalue weighted by atomic mass is 9.95. The number of hydrogen-bond donors (Lipinski definition) is 3. The predicted octanol–water partition coefficient (Wildman–Crippen LogP) is 3.21. The molecule has 7 nitrogen and oxygen atoms in total. The molecule has 0 aliphatic heterocycles. The monoisotopic (exact) mass is 464 g/mol. The molecule has 1 heterocycles. The molecule has 0 saturated carbocycles. The zero-order valence-electron chi connectivity index (χ0n) is 17.4. The largest absolute Gasteiger partial charge is 0.496 e. The molecule has 9 heteroatoms. The van der Waals surface area contributed by atoms with Gasteiger partial charge in [0.05, 0.1) is 18.4 Å². The van der Waals surface area contributed by atoms with Crippen LogP contribution in [0.3, 0.4) is 0 Å². The lowest BCUT2D eigenvalue weighted by Gasteiger charge is -2.12. The molecule has 0 amide bonds. The van der Waals surface area contributed by atoms with Gasteiger partial charge in [-0.1, -0.05) is 11.6 Å². The van der Waals surface area contributed by atoms with Gasteiger partial charge in [0, 0.05) is 40.3 Å². The van der Waals surface area contributed by atoms with Crippen molar-refractivity contribution in [3.8, 4) is 5.75 Å². The molecule has 0 aliphatic carbocycles. The van der Waals surface area contributed by atoms with Gasteiger partial charge < -0.3 is 14.8 Å². The number of benzene rings is 2. The van der Waals surface area contributed by atoms with Crippen molar-refractivity contribution in [1.82, 2.24) is 9.71 Å². The molecular formula is C22H25ClN2O5S. The number of aromatic nitrogens is 1. The molecule has 3 N–H and O–H groups in total. The first-order valence-corrected chi connectivity index (χ1v) is 11.9. The summed E-state index contributed by atoms with van der Waals surface area (Å²) in [6.45, 7) is 1.88. The Hall–Kier alpha value is -2.39. The Morgan fingerprint density at radius 2 is 1.90 bits per heavy atom. The van der Waals surface area contributed by atoms with Gasteiger partial charge in [-0.25, -0.2) is 13.1 Å². The number of aryl methyl sites for hydroxylation is 1. The van der Waals surface area contributed by atoms with Crippen LogP contribution in [0, 0.1) is 6.92 Å². The van der Waals surface area contributed by atoms with Crippen molar-refractivity contribution in [3.63, 3.8) is 0 Å². The summed E-state index contributed by atoms with van der Waals surface area (Å²) >= 11 is 5.96. The van der Waals surface area contributed by atoms with Gasteiger partial charge in [0.1, 0.15) is 5.75 Å². The summed E-state index contributed by atoms with van der Waals surface area (Å²) in [7, 11) is -1.97. The van der Waals surface area contributed by atoms with Crippen LogP contribution in [0.5, 0.6) is 5.75 Å². The fourth-order valence-electron chi connectivity index (χ4n) is 3.58. The number of sulfonamides is 1. The van der Waals surface area contributed by atoms with Crippen molar-refractivity contribution in [1.29, 1.82) is 0 Å². The van der Waals surface area contributed by atoms with Crippen LogP contribution in [0.25, 0.3) is 10.9 Å². The molecular weight excluding hydrogens is 440 g/mol. The fourth-order valence-corrected chi connectivity index (χ4v) is 4.77. The third-order valence-electron chi connectivity index (χ3n) is 5.07. The molecule has 31 heavy (non-hydrogen) atoms. The average molecular weight is 465 g/mol. The van der Waals surface area contributed by atoms with E-state index in [1.54, 1.807) is 30.3 Å². The summed E-state index contributed by atoms with van der Waals surface area (Å²) in [5.41, 5.74) is 3.36. The van der Waals surface area contributed by atoms with Gasteiger partial charge in [0.15, 0.2) is 5.78 Å². The topological polar surface area (TPSA) is 108 Å². The summed E-state index contributed by atoms with van der Waals surface area (Å²) < 4.78 is 32.1. The van der Waals surface area contributed by atoms with E-state index in [2.05, 4.69) is 9.71 Å². The Labute approximate surface area is 186 Å². The van der Waals surface area contributed by atoms with Gasteiger partial charge in [0.2, 0.25) is 10.0 Å². The number of carbonyl (C=O) groups is 1. The maximum Gasteiger partial charge on any atom is 0.211 e. The molecule has 0 bridgehead atoms. The molecule has 2 aromatic carbocycles. The Kier molecular flexibility index (Phi) is 7.38. The summed E-state index contributed by atoms with van der Waals surface area (Å²) in [5, 5.41) is 10.1. The molecule has 166 valence electrons. The van der Waals surface area contributed by atoms with Crippen LogP contribution in [0.4, 0.5) is 0 Å². The molecule has 0 atom stereocenters. The van der Waals surface area contributed by atoms with E-state index in [0.29, 0.717) is 33.7 Å². The van der Waals surface area contributed by atoms with Gasteiger partial charge in [-0.2, -0.15) is 0 Å². The number of fused-ring (bicyclic) bond motifs is 1. The van der Waals surface area contributed by atoms with Crippen LogP contribution in [-0.2, 0) is 16.4 Å². The van der Waals surface area contributed by atoms with Crippen molar-refractivity contribution < 1.29 is 23.1 Å². The van der Waals surface area contributed by atoms with Gasteiger partial charge in [0.25, 0.3) is 0 Å². The van der Waals surface area contributed by atoms with Crippen LogP contribution >= 0.6 is 11.6 Å². The highest BCUT2D eigenvalue weighted by molar-refractivity contribution is 7.89. The lowest BCUT2D eigenvalue weighted by molar-refractivity contribution is 0.103. The van der Waals surface area contributed by atoms with E-state index < -0.39 is 10.0 Å². The zero-order valence-corrected chi connectivity index (χ0v) is 18.9. The maximum atomic E-state index is 13.4. The minimum absolute atomic E-state index is 0.134. The van der Waals surface area contributed by atoms with Crippen LogP contribution in [0.1, 0.15) is 33.6 Å². The third kappa shape index (κ3) is 5.27. The van der Waals surface area contributed by atoms with Crippen molar-refractivity contribution in [3.05, 3.63) is 63.8 Å². The number of hydrogen-bond acceptors (Lipinski definition) is 5. The van der Waals surface area contributed by atoms with Crippen LogP contribution < -0.4 is 9.46 Å². The standard InChI is InChI=1S/C22H25ClN2O5S/c1-14-17(10-11-24-31(28,29)13-3-12-26)20-18(25-14)8-9-19(30-2)21(20)22(27)15-4-6-16(23)7-5-15/h4-9,24-26H,3,10-13H2,1-2H3. The zero-order chi connectivity index (χ0) is 22.6. The summed E-state index contributed by atoms with van der Waals surface area (Å²) in [6.07, 6.45) is 0.566. The number of methoxy groups -OCH3 is 1. The number of ketones is 1. The molecule has 0 fully saturated rings. The lowest BCUT2D eigenvalue weighted by Crippen LogP contribution is -2.28. The van der Waals surface area contributed by atoms with Crippen LogP contribution in [0.2, 0.25) is 5.02 Å². The molecule has 1 aromatic heterocycles. The van der Waals surface area contributed by atoms with Gasteiger partial charge in [-0.05, 0) is 61.7 Å². The van der Waals surface area contributed by atoms with Crippen LogP contribution in [0.15, 0.2) is 36.4 Å². The Morgan fingerprint density at radius 3 is 2.55 bits per heavy atom. The van der Waals surface area contributed by atoms with E-state index >= 15 is 0 Å². The number of carbonyl (C=O) groups excluding carboxylic acids is 1. The van der Waals surface area contributed by atoms with E-state index in [9.17, 15) is 13.2 Å². The van der Waals surface area contributed by atoms with E-state index in [-0.39, 0.29) is 31.1 Å². The van der Waals surface area contributed by atoms with E-state index in [0.717, 1.165) is 16.8 Å². The smallest absolute Gasteiger partial charge is 0.211 e. The number of rotatable bonds is 10. The Bertz CT molecular complexity index is 1190. The average Bonchev–Trinajstić information content (AvgIpc) is 3.06. The number of halogens is 1. The van der Waals surface area contributed by atoms with Crippen molar-refractivity contribution in [2.24, 2.45) is 0 Å². The first-order chi connectivity index (χ1) is 14.8. The minimum Gasteiger partial charge on any atom is -0.496 e. The number of aromatic amines is 1. The predicted molar refractivity (Wildman–Crippen MR) is 122 cm³/mol. The number of aliphatic hydroxyl groups excluding tert-OH is 1. The van der Waals surface area contributed by atoms with Gasteiger partial charge in [-0.3, -0.25) is 4.79 Å². The molecule has 3 rings (SSSR count). The molecule has 0 unspecified atom stereocenters. The second-order valence-electron chi connectivity index (χ2n) is 7.17. The highest BCUT2D eigenvalue weighted by Crippen LogP contribution is 2.34. The Balaban J connectivity index is 2.00. The third-order valence-corrected chi connectivity index (χ3v) is 6.79. The minimum atomic E-state index is -3.47. The highest BCUT2D eigenvalue weighted by Gasteiger charge is 2.23. The Morgan fingerprint density at radius 1 is 1.19 bits per heavy atom. The van der Waals surface area contributed by atoms with Gasteiger partial charge in [-0.15, -0.1) is 0 Å². The van der Waals surface area contributed by atoms with Crippen LogP contribution in [-0.4, -0.2) is 50.3 Å². The summed E-state index contributed by atoms with van der Waals surface area (Å²) in [6, 6.07) is 10.2. The van der Waals surface area contributed by atoms with E-state index in [1.165, 1.54) is 7.11 Å². The highest BCUT2D eigenvalue weighted by atomic mass is 35.5. The summed E-state index contributed by atoms with van der Waals surface area (Å²) in [5.74, 6) is 0.101. The molecule has 0 spiro atoms. The van der Waals surface area contributed by atoms with Crippen molar-refractivity contribution >= 4 is 38.3 Å². The summed E-state index contributed by atoms with van der Waals surface area (Å²) in [4.78, 5) is 16.7. The molecule has 0 radical (unpaired) electrons. The van der Waals surface area contributed by atoms with E-state index in [4.69, 9.17) is 21.4 Å². The number of ether oxygens (including phenoxy) is 1. The quantitative estimate of drug-likeness (QED) is 0.399. The SMILES string of the molecule is COc1ccc2[nH]c(C)c(CCNS(=O)(=O)CCCO)c2c1C(=O)c1ccc(Cl)cc1. The molecule has 3 aromatic rings. The normalized spacial score (nSPS) is 11.7. The van der Waals surface area contributed by atoms with Crippen molar-refractivity contribution in [2.45, 2.75) is 19.8 Å². The molecule has 0 saturated heterocycles. The second kappa shape index (κ2) is 9.82. The van der Waals surface area contributed by atoms with E-state index in [1.807, 2.05) is 13.0 Å². The maximum absolute atomic E-state index is 13.4. The number of nitrogens with one attached hydrogen (secondary N) is 2. The number of H-pyrrole nitrogens is 1. The second-order valence-corrected chi connectivity index (χ2v) is 9.53. The number of aliphatic hydroxyl groups is 1. The molecule has 0 aliphatic rings. The first kappa shape index (κ1) is 23.3.